The third-order valence-electron chi connectivity index (χ3n) is 4.55. The highest BCUT2D eigenvalue weighted by molar-refractivity contribution is 6.33. The number of anilines is 1. The van der Waals surface area contributed by atoms with Crippen molar-refractivity contribution in [3.8, 4) is 0 Å². The van der Waals surface area contributed by atoms with E-state index in [0.717, 1.165) is 55.3 Å². The minimum atomic E-state index is -0.660. The zero-order valence-electron chi connectivity index (χ0n) is 12.9. The molecule has 2 saturated heterocycles. The van der Waals surface area contributed by atoms with Crippen LogP contribution in [-0.2, 0) is 11.3 Å². The van der Waals surface area contributed by atoms with Crippen LogP contribution < -0.4 is 10.2 Å². The molecular weight excluding hydrogens is 303 g/mol. The average Bonchev–Trinajstić information content (AvgIpc) is 2.55. The number of halogens is 2. The van der Waals surface area contributed by atoms with Crippen LogP contribution >= 0.6 is 11.6 Å². The predicted octanol–water partition coefficient (Wildman–Crippen LogP) is 3.55. The maximum Gasteiger partial charge on any atom is 0.103 e. The molecule has 0 aromatic heterocycles. The summed E-state index contributed by atoms with van der Waals surface area (Å²) >= 11 is 6.42. The van der Waals surface area contributed by atoms with Crippen molar-refractivity contribution in [2.45, 2.75) is 44.6 Å². The molecule has 1 aromatic carbocycles. The summed E-state index contributed by atoms with van der Waals surface area (Å²) in [6, 6.07) is 6.10. The highest BCUT2D eigenvalue weighted by Gasteiger charge is 2.20. The maximum absolute atomic E-state index is 13.2. The van der Waals surface area contributed by atoms with Crippen LogP contribution in [0.4, 0.5) is 10.1 Å². The number of alkyl halides is 1. The molecule has 3 nitrogen and oxygen atoms in total. The summed E-state index contributed by atoms with van der Waals surface area (Å²) in [5.41, 5.74) is 2.12. The van der Waals surface area contributed by atoms with Gasteiger partial charge in [0.1, 0.15) is 6.17 Å². The van der Waals surface area contributed by atoms with Gasteiger partial charge >= 0.3 is 0 Å². The van der Waals surface area contributed by atoms with Gasteiger partial charge in [0, 0.05) is 13.1 Å². The van der Waals surface area contributed by atoms with Crippen molar-refractivity contribution in [3.63, 3.8) is 0 Å². The lowest BCUT2D eigenvalue weighted by atomic mass is 10.1. The van der Waals surface area contributed by atoms with E-state index in [0.29, 0.717) is 25.6 Å². The van der Waals surface area contributed by atoms with Crippen LogP contribution in [0.25, 0.3) is 0 Å². The Morgan fingerprint density at radius 3 is 2.59 bits per heavy atom. The van der Waals surface area contributed by atoms with Crippen LogP contribution in [0.5, 0.6) is 0 Å². The fourth-order valence-electron chi connectivity index (χ4n) is 3.16. The second-order valence-corrected chi connectivity index (χ2v) is 6.62. The Balaban J connectivity index is 1.57. The number of hydrogen-bond donors (Lipinski definition) is 1. The largest absolute Gasteiger partial charge is 0.373 e. The zero-order valence-corrected chi connectivity index (χ0v) is 13.6. The van der Waals surface area contributed by atoms with Crippen LogP contribution in [0, 0.1) is 0 Å². The van der Waals surface area contributed by atoms with Crippen molar-refractivity contribution in [1.29, 1.82) is 0 Å². The lowest BCUT2D eigenvalue weighted by molar-refractivity contribution is 0.0212. The van der Waals surface area contributed by atoms with Gasteiger partial charge in [-0.15, -0.1) is 0 Å². The number of rotatable bonds is 4. The number of piperidine rings is 2. The van der Waals surface area contributed by atoms with Crippen molar-refractivity contribution < 1.29 is 9.13 Å². The molecule has 2 aliphatic heterocycles. The van der Waals surface area contributed by atoms with Crippen LogP contribution in [-0.4, -0.2) is 38.5 Å². The molecule has 0 bridgehead atoms. The molecule has 1 aromatic rings. The van der Waals surface area contributed by atoms with Crippen molar-refractivity contribution in [3.05, 3.63) is 28.8 Å². The zero-order chi connectivity index (χ0) is 15.4. The van der Waals surface area contributed by atoms with Gasteiger partial charge < -0.3 is 15.0 Å². The third kappa shape index (κ3) is 4.12. The van der Waals surface area contributed by atoms with Gasteiger partial charge in [-0.1, -0.05) is 17.7 Å². The highest BCUT2D eigenvalue weighted by Crippen LogP contribution is 2.30. The minimum Gasteiger partial charge on any atom is -0.373 e. The Hall–Kier alpha value is -0.840. The molecule has 0 saturated carbocycles. The lowest BCUT2D eigenvalue weighted by Crippen LogP contribution is -2.34. The third-order valence-corrected chi connectivity index (χ3v) is 4.85. The second kappa shape index (κ2) is 7.62. The van der Waals surface area contributed by atoms with E-state index in [-0.39, 0.29) is 0 Å². The molecule has 2 fully saturated rings. The van der Waals surface area contributed by atoms with Gasteiger partial charge in [0.25, 0.3) is 0 Å². The quantitative estimate of drug-likeness (QED) is 0.915. The summed E-state index contributed by atoms with van der Waals surface area (Å²) < 4.78 is 19.2. The summed E-state index contributed by atoms with van der Waals surface area (Å²) in [6.45, 7) is 4.17. The Labute approximate surface area is 136 Å². The van der Waals surface area contributed by atoms with Crippen LogP contribution in [0.15, 0.2) is 18.2 Å². The van der Waals surface area contributed by atoms with Gasteiger partial charge in [-0.05, 0) is 56.5 Å². The summed E-state index contributed by atoms with van der Waals surface area (Å²) in [6.07, 6.45) is 3.03. The SMILES string of the molecule is FC1CCN(c2ccc(COC3CCNCC3)cc2Cl)CC1. The smallest absolute Gasteiger partial charge is 0.103 e. The van der Waals surface area contributed by atoms with E-state index in [1.165, 1.54) is 0 Å². The molecule has 0 amide bonds. The summed E-state index contributed by atoms with van der Waals surface area (Å²) in [5, 5.41) is 4.08. The normalized spacial score (nSPS) is 21.3. The molecule has 0 aliphatic carbocycles. The van der Waals surface area contributed by atoms with Crippen molar-refractivity contribution in [1.82, 2.24) is 5.32 Å². The van der Waals surface area contributed by atoms with Gasteiger partial charge in [-0.3, -0.25) is 0 Å². The molecule has 22 heavy (non-hydrogen) atoms. The Bertz CT molecular complexity index is 486. The van der Waals surface area contributed by atoms with Crippen LogP contribution in [0.1, 0.15) is 31.2 Å². The number of nitrogens with one attached hydrogen (secondary N) is 1. The fraction of sp³-hybridized carbons (Fsp3) is 0.647. The first-order valence-electron chi connectivity index (χ1n) is 8.22. The van der Waals surface area contributed by atoms with E-state index in [4.69, 9.17) is 16.3 Å². The number of hydrogen-bond acceptors (Lipinski definition) is 3. The van der Waals surface area contributed by atoms with Gasteiger partial charge in [0.05, 0.1) is 23.4 Å². The maximum atomic E-state index is 13.2. The molecule has 2 aliphatic rings. The lowest BCUT2D eigenvalue weighted by Gasteiger charge is -2.31. The predicted molar refractivity (Wildman–Crippen MR) is 88.5 cm³/mol. The number of ether oxygens (including phenoxy) is 1. The average molecular weight is 327 g/mol. The van der Waals surface area contributed by atoms with E-state index < -0.39 is 6.17 Å². The summed E-state index contributed by atoms with van der Waals surface area (Å²) in [7, 11) is 0. The molecule has 5 heteroatoms. The summed E-state index contributed by atoms with van der Waals surface area (Å²) in [4.78, 5) is 2.18. The standard InChI is InChI=1S/C17H24ClFN2O/c18-16-11-13(12-22-15-3-7-20-8-4-15)1-2-17(16)21-9-5-14(19)6-10-21/h1-2,11,14-15,20H,3-10,12H2. The van der Waals surface area contributed by atoms with E-state index in [1.807, 2.05) is 12.1 Å². The summed E-state index contributed by atoms with van der Waals surface area (Å²) in [5.74, 6) is 0. The van der Waals surface area contributed by atoms with E-state index >= 15 is 0 Å². The van der Waals surface area contributed by atoms with Crippen molar-refractivity contribution in [2.75, 3.05) is 31.1 Å². The Morgan fingerprint density at radius 2 is 1.91 bits per heavy atom. The molecule has 0 unspecified atom stereocenters. The second-order valence-electron chi connectivity index (χ2n) is 6.21. The molecule has 2 heterocycles. The molecule has 0 spiro atoms. The molecule has 0 radical (unpaired) electrons. The molecule has 0 atom stereocenters. The Kier molecular flexibility index (Phi) is 5.55. The Morgan fingerprint density at radius 1 is 1.18 bits per heavy atom. The molecule has 122 valence electrons. The first kappa shape index (κ1) is 16.0. The number of benzene rings is 1. The first-order chi connectivity index (χ1) is 10.7. The first-order valence-corrected chi connectivity index (χ1v) is 8.60. The monoisotopic (exact) mass is 326 g/mol. The molecular formula is C17H24ClFN2O. The van der Waals surface area contributed by atoms with Gasteiger partial charge in [0.15, 0.2) is 0 Å². The molecule has 3 rings (SSSR count). The van der Waals surface area contributed by atoms with Gasteiger partial charge in [-0.25, -0.2) is 4.39 Å². The van der Waals surface area contributed by atoms with E-state index in [9.17, 15) is 4.39 Å². The van der Waals surface area contributed by atoms with Crippen molar-refractivity contribution >= 4 is 17.3 Å². The van der Waals surface area contributed by atoms with E-state index in [1.54, 1.807) is 0 Å². The van der Waals surface area contributed by atoms with Gasteiger partial charge in [0.2, 0.25) is 0 Å². The van der Waals surface area contributed by atoms with E-state index in [2.05, 4.69) is 16.3 Å². The minimum absolute atomic E-state index is 0.350. The highest BCUT2D eigenvalue weighted by atomic mass is 35.5. The topological polar surface area (TPSA) is 24.5 Å². The fourth-order valence-corrected chi connectivity index (χ4v) is 3.48. The van der Waals surface area contributed by atoms with Crippen LogP contribution in [0.2, 0.25) is 5.02 Å². The van der Waals surface area contributed by atoms with Crippen molar-refractivity contribution in [2.24, 2.45) is 0 Å². The molecule has 1 N–H and O–H groups in total. The number of nitrogens with zero attached hydrogens (tertiary/aromatic N) is 1. The van der Waals surface area contributed by atoms with Gasteiger partial charge in [-0.2, -0.15) is 0 Å². The van der Waals surface area contributed by atoms with Crippen LogP contribution in [0.3, 0.4) is 0 Å².